The van der Waals surface area contributed by atoms with Gasteiger partial charge in [-0.3, -0.25) is 9.58 Å². The monoisotopic (exact) mass is 377 g/mol. The molecule has 0 aliphatic carbocycles. The third-order valence-electron chi connectivity index (χ3n) is 5.18. The molecule has 1 aromatic carbocycles. The van der Waals surface area contributed by atoms with E-state index < -0.39 is 6.10 Å². The molecule has 4 rings (SSSR count). The first kappa shape index (κ1) is 18.8. The summed E-state index contributed by atoms with van der Waals surface area (Å²) in [5.41, 5.74) is 4.99. The van der Waals surface area contributed by atoms with Crippen LogP contribution in [0.1, 0.15) is 48.8 Å². The Morgan fingerprint density at radius 2 is 1.93 bits per heavy atom. The van der Waals surface area contributed by atoms with E-state index in [1.165, 1.54) is 0 Å². The third kappa shape index (κ3) is 4.13. The molecule has 1 N–H and O–H groups in total. The lowest BCUT2D eigenvalue weighted by Crippen LogP contribution is -2.24. The summed E-state index contributed by atoms with van der Waals surface area (Å²) in [5, 5.41) is 14.7. The van der Waals surface area contributed by atoms with Gasteiger partial charge in [-0.25, -0.2) is 9.97 Å². The van der Waals surface area contributed by atoms with E-state index in [0.29, 0.717) is 13.0 Å². The Labute approximate surface area is 165 Å². The molecular formula is C22H27N5O. The number of hydrogen-bond donors (Lipinski definition) is 1. The largest absolute Gasteiger partial charge is 0.387 e. The fourth-order valence-electron chi connectivity index (χ4n) is 3.72. The Bertz CT molecular complexity index is 937. The van der Waals surface area contributed by atoms with Gasteiger partial charge in [0.25, 0.3) is 0 Å². The van der Waals surface area contributed by atoms with E-state index in [1.54, 1.807) is 0 Å². The number of aliphatic hydroxyl groups excluding tert-OH is 1. The zero-order chi connectivity index (χ0) is 19.5. The average Bonchev–Trinajstić information content (AvgIpc) is 3.01. The summed E-state index contributed by atoms with van der Waals surface area (Å²) in [6.07, 6.45) is 1.22. The summed E-state index contributed by atoms with van der Waals surface area (Å²) >= 11 is 0. The van der Waals surface area contributed by atoms with Crippen LogP contribution in [0.2, 0.25) is 0 Å². The van der Waals surface area contributed by atoms with Gasteiger partial charge in [-0.1, -0.05) is 37.3 Å². The van der Waals surface area contributed by atoms with Crippen molar-refractivity contribution in [2.24, 2.45) is 0 Å². The van der Waals surface area contributed by atoms with Gasteiger partial charge < -0.3 is 5.11 Å². The van der Waals surface area contributed by atoms with Crippen molar-refractivity contribution in [2.75, 3.05) is 6.54 Å². The molecule has 0 saturated carbocycles. The lowest BCUT2D eigenvalue weighted by molar-refractivity contribution is 0.167. The van der Waals surface area contributed by atoms with Crippen LogP contribution in [-0.4, -0.2) is 36.3 Å². The van der Waals surface area contributed by atoms with Crippen molar-refractivity contribution in [3.05, 3.63) is 65.4 Å². The summed E-state index contributed by atoms with van der Waals surface area (Å²) in [5.74, 6) is 0.848. The standard InChI is InChI=1S/C22H27N5O/c1-3-21(28)20-13-18-14-26(10-7-11-27(18)25-20)15-22-23-16(2)12-19(24-22)17-8-5-4-6-9-17/h4-6,8-9,12-13,21,28H,3,7,10-11,14-15H2,1-2H3/t21-/m0/s1. The molecule has 3 heterocycles. The predicted molar refractivity (Wildman–Crippen MR) is 108 cm³/mol. The maximum atomic E-state index is 10.1. The van der Waals surface area contributed by atoms with Crippen molar-refractivity contribution in [3.63, 3.8) is 0 Å². The van der Waals surface area contributed by atoms with Gasteiger partial charge in [0.15, 0.2) is 0 Å². The highest BCUT2D eigenvalue weighted by Crippen LogP contribution is 2.22. The summed E-state index contributed by atoms with van der Waals surface area (Å²) < 4.78 is 2.04. The highest BCUT2D eigenvalue weighted by molar-refractivity contribution is 5.58. The number of fused-ring (bicyclic) bond motifs is 1. The van der Waals surface area contributed by atoms with Crippen molar-refractivity contribution < 1.29 is 5.11 Å². The van der Waals surface area contributed by atoms with E-state index in [-0.39, 0.29) is 0 Å². The minimum Gasteiger partial charge on any atom is -0.387 e. The van der Waals surface area contributed by atoms with Crippen LogP contribution >= 0.6 is 0 Å². The number of aliphatic hydroxyl groups is 1. The van der Waals surface area contributed by atoms with Crippen molar-refractivity contribution in [1.82, 2.24) is 24.6 Å². The average molecular weight is 377 g/mol. The minimum absolute atomic E-state index is 0.485. The molecule has 6 heteroatoms. The van der Waals surface area contributed by atoms with Crippen LogP contribution < -0.4 is 0 Å². The smallest absolute Gasteiger partial charge is 0.143 e. The molecular weight excluding hydrogens is 350 g/mol. The molecule has 0 saturated heterocycles. The van der Waals surface area contributed by atoms with Crippen LogP contribution in [0.5, 0.6) is 0 Å². The van der Waals surface area contributed by atoms with E-state index >= 15 is 0 Å². The Balaban J connectivity index is 1.54. The normalized spacial score (nSPS) is 15.8. The number of benzene rings is 1. The quantitative estimate of drug-likeness (QED) is 0.737. The fraction of sp³-hybridized carbons (Fsp3) is 0.409. The van der Waals surface area contributed by atoms with E-state index in [4.69, 9.17) is 4.98 Å². The van der Waals surface area contributed by atoms with Gasteiger partial charge in [-0.05, 0) is 31.9 Å². The number of hydrogen-bond acceptors (Lipinski definition) is 5. The molecule has 28 heavy (non-hydrogen) atoms. The Hall–Kier alpha value is -2.57. The van der Waals surface area contributed by atoms with Gasteiger partial charge >= 0.3 is 0 Å². The second-order valence-electron chi connectivity index (χ2n) is 7.45. The number of rotatable bonds is 5. The molecule has 0 bridgehead atoms. The number of nitrogens with zero attached hydrogens (tertiary/aromatic N) is 5. The van der Waals surface area contributed by atoms with Gasteiger partial charge in [0, 0.05) is 30.9 Å². The third-order valence-corrected chi connectivity index (χ3v) is 5.18. The van der Waals surface area contributed by atoms with Crippen molar-refractivity contribution in [2.45, 2.75) is 52.4 Å². The molecule has 146 valence electrons. The van der Waals surface area contributed by atoms with Crippen LogP contribution in [0.15, 0.2) is 42.5 Å². The molecule has 1 aliphatic heterocycles. The lowest BCUT2D eigenvalue weighted by Gasteiger charge is -2.19. The molecule has 3 aromatic rings. The number of aryl methyl sites for hydroxylation is 2. The van der Waals surface area contributed by atoms with Gasteiger partial charge in [0.1, 0.15) is 5.82 Å². The molecule has 1 atom stereocenters. The molecule has 1 aliphatic rings. The second kappa shape index (κ2) is 8.20. The first-order chi connectivity index (χ1) is 13.6. The summed E-state index contributed by atoms with van der Waals surface area (Å²) in [4.78, 5) is 11.9. The van der Waals surface area contributed by atoms with E-state index in [2.05, 4.69) is 27.1 Å². The van der Waals surface area contributed by atoms with E-state index in [0.717, 1.165) is 60.2 Å². The maximum absolute atomic E-state index is 10.1. The zero-order valence-electron chi connectivity index (χ0n) is 16.5. The molecule has 0 amide bonds. The van der Waals surface area contributed by atoms with E-state index in [9.17, 15) is 5.11 Å². The van der Waals surface area contributed by atoms with Crippen LogP contribution in [-0.2, 0) is 19.6 Å². The van der Waals surface area contributed by atoms with Crippen molar-refractivity contribution in [3.8, 4) is 11.3 Å². The Kier molecular flexibility index (Phi) is 5.50. The fourth-order valence-corrected chi connectivity index (χ4v) is 3.72. The van der Waals surface area contributed by atoms with Crippen LogP contribution in [0, 0.1) is 6.92 Å². The number of aromatic nitrogens is 4. The summed E-state index contributed by atoms with van der Waals surface area (Å²) in [7, 11) is 0. The van der Waals surface area contributed by atoms with Crippen LogP contribution in [0.4, 0.5) is 0 Å². The van der Waals surface area contributed by atoms with Crippen LogP contribution in [0.3, 0.4) is 0 Å². The molecule has 0 unspecified atom stereocenters. The highest BCUT2D eigenvalue weighted by Gasteiger charge is 2.20. The predicted octanol–water partition coefficient (Wildman–Crippen LogP) is 3.50. The summed E-state index contributed by atoms with van der Waals surface area (Å²) in [6.45, 7) is 7.35. The van der Waals surface area contributed by atoms with Gasteiger partial charge in [-0.15, -0.1) is 0 Å². The molecule has 0 spiro atoms. The van der Waals surface area contributed by atoms with Gasteiger partial charge in [-0.2, -0.15) is 5.10 Å². The molecule has 0 fully saturated rings. The Morgan fingerprint density at radius 1 is 1.11 bits per heavy atom. The highest BCUT2D eigenvalue weighted by atomic mass is 16.3. The van der Waals surface area contributed by atoms with Gasteiger partial charge in [0.2, 0.25) is 0 Å². The molecule has 0 radical (unpaired) electrons. The second-order valence-corrected chi connectivity index (χ2v) is 7.45. The maximum Gasteiger partial charge on any atom is 0.143 e. The topological polar surface area (TPSA) is 67.1 Å². The SMILES string of the molecule is CC[C@H](O)c1cc2n(n1)CCCN(Cc1nc(C)cc(-c3ccccc3)n1)C2. The van der Waals surface area contributed by atoms with Gasteiger partial charge in [0.05, 0.1) is 29.7 Å². The first-order valence-electron chi connectivity index (χ1n) is 9.99. The zero-order valence-corrected chi connectivity index (χ0v) is 16.5. The minimum atomic E-state index is -0.485. The van der Waals surface area contributed by atoms with Crippen LogP contribution in [0.25, 0.3) is 11.3 Å². The first-order valence-corrected chi connectivity index (χ1v) is 9.99. The Morgan fingerprint density at radius 3 is 2.71 bits per heavy atom. The van der Waals surface area contributed by atoms with E-state index in [1.807, 2.05) is 48.9 Å². The lowest BCUT2D eigenvalue weighted by atomic mass is 10.1. The molecule has 6 nitrogen and oxygen atoms in total. The summed E-state index contributed by atoms with van der Waals surface area (Å²) in [6, 6.07) is 14.3. The molecule has 2 aromatic heterocycles. The van der Waals surface area contributed by atoms with Crippen molar-refractivity contribution in [1.29, 1.82) is 0 Å². The van der Waals surface area contributed by atoms with Crippen molar-refractivity contribution >= 4 is 0 Å².